The number of hydrogen-bond donors (Lipinski definition) is 3. The van der Waals surface area contributed by atoms with Crippen LogP contribution < -0.4 is 0 Å². The summed E-state index contributed by atoms with van der Waals surface area (Å²) in [7, 11) is -9.90. The Balaban J connectivity index is 5.24. The first kappa shape index (κ1) is 86.1. The third-order valence-corrected chi connectivity index (χ3v) is 17.9. The molecule has 0 spiro atoms. The summed E-state index contributed by atoms with van der Waals surface area (Å²) < 4.78 is 68.2. The predicted molar refractivity (Wildman–Crippen MR) is 354 cm³/mol. The molecule has 19 heteroatoms. The lowest BCUT2D eigenvalue weighted by Crippen LogP contribution is -2.30. The average Bonchev–Trinajstić information content (AvgIpc) is 3.56. The van der Waals surface area contributed by atoms with Crippen LogP contribution >= 0.6 is 15.6 Å². The van der Waals surface area contributed by atoms with Crippen LogP contribution in [0.2, 0.25) is 0 Å². The molecular weight excluding hydrogens is 1160 g/mol. The Labute approximate surface area is 537 Å². The number of hydrogen-bond acceptors (Lipinski definition) is 15. The Morgan fingerprint density at radius 1 is 0.307 bits per heavy atom. The second-order valence-corrected chi connectivity index (χ2v) is 28.8. The van der Waals surface area contributed by atoms with E-state index in [1.54, 1.807) is 0 Å². The van der Waals surface area contributed by atoms with E-state index in [0.29, 0.717) is 31.6 Å². The smallest absolute Gasteiger partial charge is 0.462 e. The molecule has 0 radical (unpaired) electrons. The summed E-state index contributed by atoms with van der Waals surface area (Å²) in [5.41, 5.74) is 0. The van der Waals surface area contributed by atoms with E-state index < -0.39 is 97.5 Å². The highest BCUT2D eigenvalue weighted by Crippen LogP contribution is 2.45. The van der Waals surface area contributed by atoms with Gasteiger partial charge in [-0.3, -0.25) is 37.3 Å². The van der Waals surface area contributed by atoms with Crippen molar-refractivity contribution in [1.82, 2.24) is 0 Å². The first-order valence-corrected chi connectivity index (χ1v) is 39.0. The van der Waals surface area contributed by atoms with Gasteiger partial charge >= 0.3 is 39.5 Å². The molecule has 17 nitrogen and oxygen atoms in total. The van der Waals surface area contributed by atoms with E-state index in [1.165, 1.54) is 161 Å². The molecule has 0 aliphatic rings. The molecule has 0 aliphatic carbocycles. The molecule has 0 aromatic carbocycles. The van der Waals surface area contributed by atoms with Crippen molar-refractivity contribution in [3.8, 4) is 0 Å². The van der Waals surface area contributed by atoms with Crippen molar-refractivity contribution in [2.24, 2.45) is 11.8 Å². The van der Waals surface area contributed by atoms with E-state index in [1.807, 2.05) is 0 Å². The number of carbonyl (C=O) groups excluding carboxylic acids is 4. The van der Waals surface area contributed by atoms with E-state index in [4.69, 9.17) is 37.0 Å². The van der Waals surface area contributed by atoms with E-state index in [2.05, 4.69) is 41.5 Å². The van der Waals surface area contributed by atoms with Crippen molar-refractivity contribution in [3.05, 3.63) is 0 Å². The van der Waals surface area contributed by atoms with Crippen LogP contribution in [0.25, 0.3) is 0 Å². The largest absolute Gasteiger partial charge is 0.472 e. The zero-order valence-corrected chi connectivity index (χ0v) is 58.8. The van der Waals surface area contributed by atoms with Gasteiger partial charge in [0.1, 0.15) is 19.3 Å². The molecule has 0 rings (SSSR count). The third-order valence-electron chi connectivity index (χ3n) is 16.0. The number of esters is 4. The van der Waals surface area contributed by atoms with E-state index in [9.17, 15) is 43.2 Å². The van der Waals surface area contributed by atoms with Crippen LogP contribution in [0.1, 0.15) is 350 Å². The maximum Gasteiger partial charge on any atom is 0.472 e. The van der Waals surface area contributed by atoms with E-state index in [0.717, 1.165) is 102 Å². The van der Waals surface area contributed by atoms with Crippen LogP contribution in [0.15, 0.2) is 0 Å². The highest BCUT2D eigenvalue weighted by Gasteiger charge is 2.30. The fraction of sp³-hybridized carbons (Fsp3) is 0.942. The Kier molecular flexibility index (Phi) is 59.9. The van der Waals surface area contributed by atoms with Gasteiger partial charge in [0.25, 0.3) is 0 Å². The Bertz CT molecular complexity index is 1720. The van der Waals surface area contributed by atoms with Gasteiger partial charge in [0.15, 0.2) is 12.2 Å². The number of carbonyl (C=O) groups is 4. The monoisotopic (exact) mass is 1300 g/mol. The van der Waals surface area contributed by atoms with Gasteiger partial charge in [0, 0.05) is 25.7 Å². The third kappa shape index (κ3) is 62.8. The summed E-state index contributed by atoms with van der Waals surface area (Å²) in [5.74, 6) is -0.730. The topological polar surface area (TPSA) is 237 Å². The fourth-order valence-electron chi connectivity index (χ4n) is 10.4. The molecule has 0 amide bonds. The van der Waals surface area contributed by atoms with Crippen LogP contribution in [0.4, 0.5) is 0 Å². The zero-order chi connectivity index (χ0) is 65.0. The molecule has 522 valence electrons. The maximum atomic E-state index is 13.0. The summed E-state index contributed by atoms with van der Waals surface area (Å²) >= 11 is 0. The number of unbranched alkanes of at least 4 members (excludes halogenated alkanes) is 38. The molecule has 3 N–H and O–H groups in total. The minimum Gasteiger partial charge on any atom is -0.462 e. The Morgan fingerprint density at radius 2 is 0.523 bits per heavy atom. The van der Waals surface area contributed by atoms with Crippen molar-refractivity contribution < 1.29 is 80.2 Å². The van der Waals surface area contributed by atoms with Crippen molar-refractivity contribution in [1.29, 1.82) is 0 Å². The van der Waals surface area contributed by atoms with E-state index >= 15 is 0 Å². The lowest BCUT2D eigenvalue weighted by Gasteiger charge is -2.21. The second kappa shape index (κ2) is 61.3. The Morgan fingerprint density at radius 3 is 0.773 bits per heavy atom. The summed E-state index contributed by atoms with van der Waals surface area (Å²) in [6, 6.07) is 0. The standard InChI is InChI=1S/C69H134O17P2/c1-7-9-11-13-15-17-19-21-23-25-27-32-39-45-51-66(71)79-57-64(85-68(73)53-47-41-33-28-26-24-22-20-18-16-14-12-10-8-2)59-83-87(75,76)81-55-63(70)56-82-88(77,78)84-60-65(58-80-67(72)52-46-40-36-35-38-44-50-62(5)6)86-69(74)54-48-42-34-30-29-31-37-43-49-61(3)4/h61-65,70H,7-60H2,1-6H3,(H,75,76)(H,77,78)/t63-,64-,65-/m1/s1. The van der Waals surface area contributed by atoms with E-state index in [-0.39, 0.29) is 25.7 Å². The zero-order valence-electron chi connectivity index (χ0n) is 57.0. The fourth-order valence-corrected chi connectivity index (χ4v) is 12.0. The summed E-state index contributed by atoms with van der Waals surface area (Å²) in [5, 5.41) is 10.6. The van der Waals surface area contributed by atoms with Gasteiger partial charge in [-0.05, 0) is 37.5 Å². The molecule has 2 unspecified atom stereocenters. The maximum absolute atomic E-state index is 13.0. The molecular formula is C69H134O17P2. The van der Waals surface area contributed by atoms with Crippen LogP contribution in [0.3, 0.4) is 0 Å². The molecule has 88 heavy (non-hydrogen) atoms. The summed E-state index contributed by atoms with van der Waals surface area (Å²) in [6.45, 7) is 9.42. The van der Waals surface area contributed by atoms with Gasteiger partial charge in [-0.1, -0.05) is 298 Å². The van der Waals surface area contributed by atoms with Gasteiger partial charge in [0.2, 0.25) is 0 Å². The molecule has 0 saturated heterocycles. The lowest BCUT2D eigenvalue weighted by molar-refractivity contribution is -0.161. The number of aliphatic hydroxyl groups is 1. The first-order valence-electron chi connectivity index (χ1n) is 36.0. The summed E-state index contributed by atoms with van der Waals surface area (Å²) in [6.07, 6.45) is 45.9. The normalized spacial score (nSPS) is 14.2. The molecule has 0 aliphatic heterocycles. The number of phosphoric acid groups is 2. The van der Waals surface area contributed by atoms with Crippen molar-refractivity contribution in [3.63, 3.8) is 0 Å². The van der Waals surface area contributed by atoms with Crippen LogP contribution in [-0.4, -0.2) is 96.7 Å². The minimum absolute atomic E-state index is 0.103. The van der Waals surface area contributed by atoms with Crippen molar-refractivity contribution >= 4 is 39.5 Å². The summed E-state index contributed by atoms with van der Waals surface area (Å²) in [4.78, 5) is 72.4. The molecule has 0 bridgehead atoms. The first-order chi connectivity index (χ1) is 42.4. The van der Waals surface area contributed by atoms with Crippen molar-refractivity contribution in [2.45, 2.75) is 368 Å². The Hall–Kier alpha value is -1.94. The van der Waals surface area contributed by atoms with Crippen LogP contribution in [-0.2, 0) is 65.4 Å². The molecule has 0 heterocycles. The van der Waals surface area contributed by atoms with Crippen LogP contribution in [0, 0.1) is 11.8 Å². The predicted octanol–water partition coefficient (Wildman–Crippen LogP) is 19.6. The van der Waals surface area contributed by atoms with Gasteiger partial charge in [-0.25, -0.2) is 9.13 Å². The molecule has 0 saturated carbocycles. The molecule has 0 aromatic heterocycles. The second-order valence-electron chi connectivity index (χ2n) is 25.9. The highest BCUT2D eigenvalue weighted by atomic mass is 31.2. The number of phosphoric ester groups is 2. The van der Waals surface area contributed by atoms with Crippen molar-refractivity contribution in [2.75, 3.05) is 39.6 Å². The quantitative estimate of drug-likeness (QED) is 0.0222. The molecule has 5 atom stereocenters. The minimum atomic E-state index is -4.95. The SMILES string of the molecule is CCCCCCCCCCCCCCCCC(=O)OC[C@H](COP(=O)(O)OC[C@@H](O)COP(=O)(O)OC[C@@H](COC(=O)CCCCCCCCC(C)C)OC(=O)CCCCCCCCCCC(C)C)OC(=O)CCCCCCCCCCCCCCCC. The van der Waals surface area contributed by atoms with Crippen LogP contribution in [0.5, 0.6) is 0 Å². The number of ether oxygens (including phenoxy) is 4. The number of aliphatic hydroxyl groups excluding tert-OH is 1. The number of rotatable bonds is 68. The van der Waals surface area contributed by atoms with Gasteiger partial charge < -0.3 is 33.8 Å². The molecule has 0 aromatic rings. The molecule has 0 fully saturated rings. The van der Waals surface area contributed by atoms with Gasteiger partial charge in [-0.15, -0.1) is 0 Å². The average molecular weight is 1300 g/mol. The van der Waals surface area contributed by atoms with Gasteiger partial charge in [0.05, 0.1) is 26.4 Å². The lowest BCUT2D eigenvalue weighted by atomic mass is 10.0. The van der Waals surface area contributed by atoms with Gasteiger partial charge in [-0.2, -0.15) is 0 Å². The highest BCUT2D eigenvalue weighted by molar-refractivity contribution is 7.47.